The number of aliphatic carboxylic acids is 1. The first-order chi connectivity index (χ1) is 5.15. The Labute approximate surface area is 77.9 Å². The zero-order valence-electron chi connectivity index (χ0n) is 7.19. The van der Waals surface area contributed by atoms with Gasteiger partial charge in [-0.25, -0.2) is 0 Å². The molecule has 12 heavy (non-hydrogen) atoms. The first-order valence-electron chi connectivity index (χ1n) is 3.61. The Hall–Kier alpha value is -0.320. The molecule has 1 aliphatic heterocycles. The van der Waals surface area contributed by atoms with Crippen molar-refractivity contribution in [2.75, 3.05) is 20.7 Å². The Balaban J connectivity index is 0.00000121. The molecule has 1 rings (SSSR count). The molecule has 1 N–H and O–H groups in total. The number of halogens is 1. The van der Waals surface area contributed by atoms with Gasteiger partial charge in [0.15, 0.2) is 0 Å². The van der Waals surface area contributed by atoms with Crippen LogP contribution in [0.5, 0.6) is 0 Å². The van der Waals surface area contributed by atoms with Crippen LogP contribution in [0, 0.1) is 0 Å². The van der Waals surface area contributed by atoms with Crippen molar-refractivity contribution in [3.05, 3.63) is 0 Å². The van der Waals surface area contributed by atoms with Gasteiger partial charge in [-0.2, -0.15) is 0 Å². The zero-order valence-corrected chi connectivity index (χ0v) is 8.00. The summed E-state index contributed by atoms with van der Waals surface area (Å²) in [5.41, 5.74) is 0. The zero-order chi connectivity index (χ0) is 8.43. The van der Waals surface area contributed by atoms with E-state index in [0.29, 0.717) is 13.0 Å². The van der Waals surface area contributed by atoms with Gasteiger partial charge in [-0.1, -0.05) is 0 Å². The number of nitrogens with zero attached hydrogens (tertiary/aromatic N) is 1. The van der Waals surface area contributed by atoms with Crippen LogP contribution in [0.2, 0.25) is 0 Å². The van der Waals surface area contributed by atoms with E-state index in [2.05, 4.69) is 0 Å². The van der Waals surface area contributed by atoms with Crippen molar-refractivity contribution in [2.45, 2.75) is 18.6 Å². The Morgan fingerprint density at radius 3 is 2.50 bits per heavy atom. The van der Waals surface area contributed by atoms with Crippen LogP contribution >= 0.6 is 12.4 Å². The molecule has 0 radical (unpaired) electrons. The maximum absolute atomic E-state index is 10.6. The van der Waals surface area contributed by atoms with Gasteiger partial charge < -0.3 is 9.84 Å². The van der Waals surface area contributed by atoms with Crippen molar-refractivity contribution in [1.82, 2.24) is 4.90 Å². The third-order valence-corrected chi connectivity index (χ3v) is 2.13. The fourth-order valence-electron chi connectivity index (χ4n) is 1.41. The first-order valence-corrected chi connectivity index (χ1v) is 3.61. The molecule has 0 unspecified atom stereocenters. The molecule has 0 amide bonds. The van der Waals surface area contributed by atoms with Gasteiger partial charge >= 0.3 is 5.97 Å². The highest BCUT2D eigenvalue weighted by atomic mass is 35.5. The molecule has 0 aromatic rings. The number of carbonyl (C=O) groups is 1. The molecule has 0 spiro atoms. The number of hydrogen-bond acceptors (Lipinski definition) is 3. The SMILES string of the molecule is CO[C@H]1C[C@H](C(=O)O)N(C)C1.Cl. The topological polar surface area (TPSA) is 49.8 Å². The van der Waals surface area contributed by atoms with E-state index in [0.717, 1.165) is 0 Å². The molecule has 4 nitrogen and oxygen atoms in total. The normalized spacial score (nSPS) is 29.8. The van der Waals surface area contributed by atoms with E-state index in [4.69, 9.17) is 9.84 Å². The summed E-state index contributed by atoms with van der Waals surface area (Å²) >= 11 is 0. The predicted molar refractivity (Wildman–Crippen MR) is 46.7 cm³/mol. The van der Waals surface area contributed by atoms with Gasteiger partial charge in [-0.3, -0.25) is 9.69 Å². The molecule has 0 aromatic carbocycles. The average Bonchev–Trinajstić information content (AvgIpc) is 2.30. The van der Waals surface area contributed by atoms with Crippen LogP contribution in [0.25, 0.3) is 0 Å². The molecule has 5 heteroatoms. The lowest BCUT2D eigenvalue weighted by Crippen LogP contribution is -2.32. The number of carboxylic acids is 1. The number of rotatable bonds is 2. The molecule has 0 bridgehead atoms. The largest absolute Gasteiger partial charge is 0.480 e. The van der Waals surface area contributed by atoms with Crippen molar-refractivity contribution in [3.8, 4) is 0 Å². The quantitative estimate of drug-likeness (QED) is 0.685. The molecule has 2 atom stereocenters. The van der Waals surface area contributed by atoms with Gasteiger partial charge in [0.25, 0.3) is 0 Å². The summed E-state index contributed by atoms with van der Waals surface area (Å²) in [5, 5.41) is 8.70. The van der Waals surface area contributed by atoms with E-state index in [9.17, 15) is 4.79 Å². The summed E-state index contributed by atoms with van der Waals surface area (Å²) in [7, 11) is 3.42. The lowest BCUT2D eigenvalue weighted by Gasteiger charge is -2.12. The van der Waals surface area contributed by atoms with E-state index in [1.165, 1.54) is 0 Å². The smallest absolute Gasteiger partial charge is 0.321 e. The van der Waals surface area contributed by atoms with Crippen molar-refractivity contribution < 1.29 is 14.6 Å². The summed E-state index contributed by atoms with van der Waals surface area (Å²) in [6.07, 6.45) is 0.684. The second-order valence-electron chi connectivity index (χ2n) is 2.89. The second-order valence-corrected chi connectivity index (χ2v) is 2.89. The molecular formula is C7H14ClNO3. The van der Waals surface area contributed by atoms with E-state index in [1.807, 2.05) is 0 Å². The molecule has 1 aliphatic rings. The highest BCUT2D eigenvalue weighted by molar-refractivity contribution is 5.85. The third-order valence-electron chi connectivity index (χ3n) is 2.13. The highest BCUT2D eigenvalue weighted by Crippen LogP contribution is 2.17. The summed E-state index contributed by atoms with van der Waals surface area (Å²) < 4.78 is 5.06. The maximum Gasteiger partial charge on any atom is 0.321 e. The minimum Gasteiger partial charge on any atom is -0.480 e. The van der Waals surface area contributed by atoms with Gasteiger partial charge in [0.1, 0.15) is 6.04 Å². The van der Waals surface area contributed by atoms with Gasteiger partial charge in [-0.05, 0) is 7.05 Å². The molecule has 1 fully saturated rings. The van der Waals surface area contributed by atoms with Crippen LogP contribution in [0.3, 0.4) is 0 Å². The van der Waals surface area contributed by atoms with E-state index < -0.39 is 5.97 Å². The average molecular weight is 196 g/mol. The fourth-order valence-corrected chi connectivity index (χ4v) is 1.41. The van der Waals surface area contributed by atoms with Crippen LogP contribution < -0.4 is 0 Å². The van der Waals surface area contributed by atoms with Crippen LogP contribution in [0.4, 0.5) is 0 Å². The Morgan fingerprint density at radius 1 is 1.67 bits per heavy atom. The van der Waals surface area contributed by atoms with E-state index in [-0.39, 0.29) is 24.6 Å². The minimum atomic E-state index is -0.757. The monoisotopic (exact) mass is 195 g/mol. The molecular weight excluding hydrogens is 182 g/mol. The Kier molecular flexibility index (Phi) is 4.52. The number of likely N-dealkylation sites (N-methyl/N-ethyl adjacent to an activating group) is 1. The van der Waals surface area contributed by atoms with Crippen LogP contribution in [0.15, 0.2) is 0 Å². The summed E-state index contributed by atoms with van der Waals surface area (Å²) in [4.78, 5) is 12.4. The highest BCUT2D eigenvalue weighted by Gasteiger charge is 2.34. The molecule has 1 heterocycles. The van der Waals surface area contributed by atoms with Crippen molar-refractivity contribution >= 4 is 18.4 Å². The summed E-state index contributed by atoms with van der Waals surface area (Å²) in [5.74, 6) is -0.757. The van der Waals surface area contributed by atoms with Crippen LogP contribution in [-0.4, -0.2) is 48.8 Å². The summed E-state index contributed by atoms with van der Waals surface area (Å²) in [6.45, 7) is 0.716. The molecule has 1 saturated heterocycles. The van der Waals surface area contributed by atoms with Crippen molar-refractivity contribution in [3.63, 3.8) is 0 Å². The third kappa shape index (κ3) is 2.33. The lowest BCUT2D eigenvalue weighted by molar-refractivity contribution is -0.141. The lowest BCUT2D eigenvalue weighted by atomic mass is 10.2. The number of hydrogen-bond donors (Lipinski definition) is 1. The number of likely N-dealkylation sites (tertiary alicyclic amines) is 1. The minimum absolute atomic E-state index is 0. The number of methoxy groups -OCH3 is 1. The van der Waals surface area contributed by atoms with E-state index in [1.54, 1.807) is 19.1 Å². The van der Waals surface area contributed by atoms with Gasteiger partial charge in [0, 0.05) is 20.1 Å². The van der Waals surface area contributed by atoms with Crippen molar-refractivity contribution in [1.29, 1.82) is 0 Å². The van der Waals surface area contributed by atoms with Crippen molar-refractivity contribution in [2.24, 2.45) is 0 Å². The fraction of sp³-hybridized carbons (Fsp3) is 0.857. The number of carboxylic acid groups (broad SMARTS) is 1. The Morgan fingerprint density at radius 2 is 2.25 bits per heavy atom. The van der Waals surface area contributed by atoms with Crippen LogP contribution in [-0.2, 0) is 9.53 Å². The molecule has 0 saturated carbocycles. The standard InChI is InChI=1S/C7H13NO3.ClH/c1-8-4-5(11-2)3-6(8)7(9)10;/h5-6H,3-4H2,1-2H3,(H,9,10);1H/t5-,6+;/m0./s1. The van der Waals surface area contributed by atoms with Crippen LogP contribution in [0.1, 0.15) is 6.42 Å². The predicted octanol–water partition coefficient (Wildman–Crippen LogP) is 0.212. The van der Waals surface area contributed by atoms with Gasteiger partial charge in [-0.15, -0.1) is 12.4 Å². The Bertz CT molecular complexity index is 165. The molecule has 0 aromatic heterocycles. The first kappa shape index (κ1) is 11.7. The molecule has 72 valence electrons. The molecule has 0 aliphatic carbocycles. The number of ether oxygens (including phenoxy) is 1. The second kappa shape index (κ2) is 4.64. The summed E-state index contributed by atoms with van der Waals surface area (Å²) in [6, 6.07) is -0.361. The van der Waals surface area contributed by atoms with Gasteiger partial charge in [0.05, 0.1) is 6.10 Å². The van der Waals surface area contributed by atoms with E-state index >= 15 is 0 Å². The maximum atomic E-state index is 10.6. The van der Waals surface area contributed by atoms with Gasteiger partial charge in [0.2, 0.25) is 0 Å².